The Balaban J connectivity index is 2.31. The smallest absolute Gasteiger partial charge is 0.0669 e. The Kier molecular flexibility index (Phi) is 6.50. The Morgan fingerprint density at radius 3 is 2.12 bits per heavy atom. The SMILES string of the molecule is CC(C)CN(CC(O)CC1CCCC1)C(C)C. The van der Waals surface area contributed by atoms with Crippen molar-refractivity contribution in [2.24, 2.45) is 11.8 Å². The van der Waals surface area contributed by atoms with Gasteiger partial charge in [0.15, 0.2) is 0 Å². The lowest BCUT2D eigenvalue weighted by atomic mass is 9.99. The summed E-state index contributed by atoms with van der Waals surface area (Å²) in [5.74, 6) is 1.47. The van der Waals surface area contributed by atoms with Gasteiger partial charge in [0.2, 0.25) is 0 Å². The lowest BCUT2D eigenvalue weighted by molar-refractivity contribution is 0.0710. The van der Waals surface area contributed by atoms with Crippen LogP contribution < -0.4 is 0 Å². The van der Waals surface area contributed by atoms with E-state index in [1.165, 1.54) is 25.7 Å². The molecule has 2 heteroatoms. The molecule has 0 radical (unpaired) electrons. The number of aliphatic hydroxyl groups excluding tert-OH is 1. The Bertz CT molecular complexity index is 197. The van der Waals surface area contributed by atoms with Crippen LogP contribution in [0.1, 0.15) is 59.8 Å². The second kappa shape index (κ2) is 7.38. The van der Waals surface area contributed by atoms with Crippen LogP contribution >= 0.6 is 0 Å². The zero-order chi connectivity index (χ0) is 12.8. The van der Waals surface area contributed by atoms with Crippen LogP contribution in [0.15, 0.2) is 0 Å². The molecule has 1 rings (SSSR count). The van der Waals surface area contributed by atoms with E-state index in [1.807, 2.05) is 0 Å². The summed E-state index contributed by atoms with van der Waals surface area (Å²) in [7, 11) is 0. The van der Waals surface area contributed by atoms with E-state index in [9.17, 15) is 5.11 Å². The van der Waals surface area contributed by atoms with E-state index in [1.54, 1.807) is 0 Å². The molecule has 1 aliphatic rings. The van der Waals surface area contributed by atoms with Crippen LogP contribution in [0.3, 0.4) is 0 Å². The van der Waals surface area contributed by atoms with Crippen LogP contribution in [0.25, 0.3) is 0 Å². The van der Waals surface area contributed by atoms with Gasteiger partial charge in [-0.05, 0) is 32.1 Å². The van der Waals surface area contributed by atoms with Crippen LogP contribution in [0.4, 0.5) is 0 Å². The molecular formula is C15H31NO. The van der Waals surface area contributed by atoms with Gasteiger partial charge in [0, 0.05) is 19.1 Å². The lowest BCUT2D eigenvalue weighted by Crippen LogP contribution is -2.40. The van der Waals surface area contributed by atoms with Gasteiger partial charge in [-0.3, -0.25) is 4.90 Å². The molecule has 0 aromatic carbocycles. The highest BCUT2D eigenvalue weighted by Crippen LogP contribution is 2.28. The minimum absolute atomic E-state index is 0.126. The van der Waals surface area contributed by atoms with E-state index < -0.39 is 0 Å². The summed E-state index contributed by atoms with van der Waals surface area (Å²) in [6.45, 7) is 10.9. The average molecular weight is 241 g/mol. The molecule has 102 valence electrons. The zero-order valence-corrected chi connectivity index (χ0v) is 12.2. The standard InChI is InChI=1S/C15H31NO/c1-12(2)10-16(13(3)4)11-15(17)9-14-7-5-6-8-14/h12-15,17H,5-11H2,1-4H3. The third-order valence-corrected chi connectivity index (χ3v) is 3.86. The predicted molar refractivity (Wildman–Crippen MR) is 74.1 cm³/mol. The van der Waals surface area contributed by atoms with Crippen LogP contribution in [0.2, 0.25) is 0 Å². The van der Waals surface area contributed by atoms with Crippen LogP contribution in [0, 0.1) is 11.8 Å². The molecule has 0 aromatic rings. The topological polar surface area (TPSA) is 23.5 Å². The molecule has 0 saturated heterocycles. The van der Waals surface area contributed by atoms with E-state index >= 15 is 0 Å². The van der Waals surface area contributed by atoms with Gasteiger partial charge < -0.3 is 5.11 Å². The van der Waals surface area contributed by atoms with E-state index in [2.05, 4.69) is 32.6 Å². The minimum atomic E-state index is -0.126. The van der Waals surface area contributed by atoms with Crippen molar-refractivity contribution in [3.8, 4) is 0 Å². The maximum absolute atomic E-state index is 10.2. The van der Waals surface area contributed by atoms with Gasteiger partial charge in [-0.1, -0.05) is 39.5 Å². The first kappa shape index (κ1) is 15.0. The summed E-state index contributed by atoms with van der Waals surface area (Å²) in [5, 5.41) is 10.2. The fourth-order valence-corrected chi connectivity index (χ4v) is 2.94. The summed E-state index contributed by atoms with van der Waals surface area (Å²) in [5.41, 5.74) is 0. The van der Waals surface area contributed by atoms with Crippen molar-refractivity contribution in [2.75, 3.05) is 13.1 Å². The number of aliphatic hydroxyl groups is 1. The molecule has 2 nitrogen and oxygen atoms in total. The Morgan fingerprint density at radius 2 is 1.65 bits per heavy atom. The molecule has 0 heterocycles. The van der Waals surface area contributed by atoms with Crippen LogP contribution in [-0.2, 0) is 0 Å². The van der Waals surface area contributed by atoms with Crippen LogP contribution in [0.5, 0.6) is 0 Å². The molecule has 17 heavy (non-hydrogen) atoms. The summed E-state index contributed by atoms with van der Waals surface area (Å²) >= 11 is 0. The summed E-state index contributed by atoms with van der Waals surface area (Å²) in [6.07, 6.45) is 6.31. The molecule has 0 amide bonds. The van der Waals surface area contributed by atoms with Crippen molar-refractivity contribution < 1.29 is 5.11 Å². The van der Waals surface area contributed by atoms with Crippen molar-refractivity contribution in [3.63, 3.8) is 0 Å². The molecule has 1 saturated carbocycles. The summed E-state index contributed by atoms with van der Waals surface area (Å²) in [6, 6.07) is 0.538. The van der Waals surface area contributed by atoms with E-state index in [0.29, 0.717) is 12.0 Å². The van der Waals surface area contributed by atoms with Crippen molar-refractivity contribution in [1.82, 2.24) is 4.90 Å². The second-order valence-electron chi connectivity index (χ2n) is 6.48. The van der Waals surface area contributed by atoms with E-state index in [-0.39, 0.29) is 6.10 Å². The Morgan fingerprint density at radius 1 is 1.06 bits per heavy atom. The minimum Gasteiger partial charge on any atom is -0.392 e. The molecule has 1 fully saturated rings. The fraction of sp³-hybridized carbons (Fsp3) is 1.00. The number of nitrogens with zero attached hydrogens (tertiary/aromatic N) is 1. The van der Waals surface area contributed by atoms with Gasteiger partial charge in [0.25, 0.3) is 0 Å². The highest BCUT2D eigenvalue weighted by Gasteiger charge is 2.21. The highest BCUT2D eigenvalue weighted by atomic mass is 16.3. The summed E-state index contributed by atoms with van der Waals surface area (Å²) < 4.78 is 0. The average Bonchev–Trinajstić information content (AvgIpc) is 2.68. The van der Waals surface area contributed by atoms with Gasteiger partial charge >= 0.3 is 0 Å². The first-order chi connectivity index (χ1) is 7.99. The molecule has 1 aliphatic carbocycles. The quantitative estimate of drug-likeness (QED) is 0.739. The van der Waals surface area contributed by atoms with Crippen LogP contribution in [-0.4, -0.2) is 35.2 Å². The molecule has 0 bridgehead atoms. The van der Waals surface area contributed by atoms with Gasteiger partial charge in [0.05, 0.1) is 6.10 Å². The molecule has 1 atom stereocenters. The first-order valence-electron chi connectivity index (χ1n) is 7.41. The molecule has 0 aliphatic heterocycles. The Hall–Kier alpha value is -0.0800. The van der Waals surface area contributed by atoms with Crippen molar-refractivity contribution in [3.05, 3.63) is 0 Å². The zero-order valence-electron chi connectivity index (χ0n) is 12.2. The van der Waals surface area contributed by atoms with Crippen molar-refractivity contribution in [1.29, 1.82) is 0 Å². The largest absolute Gasteiger partial charge is 0.392 e. The second-order valence-corrected chi connectivity index (χ2v) is 6.48. The molecule has 0 aromatic heterocycles. The molecule has 1 unspecified atom stereocenters. The molecule has 0 spiro atoms. The van der Waals surface area contributed by atoms with Crippen molar-refractivity contribution in [2.45, 2.75) is 71.9 Å². The van der Waals surface area contributed by atoms with Gasteiger partial charge in [-0.15, -0.1) is 0 Å². The fourth-order valence-electron chi connectivity index (χ4n) is 2.94. The monoisotopic (exact) mass is 241 g/mol. The van der Waals surface area contributed by atoms with Gasteiger partial charge in [0.1, 0.15) is 0 Å². The normalized spacial score (nSPS) is 19.8. The van der Waals surface area contributed by atoms with Gasteiger partial charge in [-0.2, -0.15) is 0 Å². The van der Waals surface area contributed by atoms with Crippen molar-refractivity contribution >= 4 is 0 Å². The highest BCUT2D eigenvalue weighted by molar-refractivity contribution is 4.75. The first-order valence-corrected chi connectivity index (χ1v) is 7.41. The van der Waals surface area contributed by atoms with Gasteiger partial charge in [-0.25, -0.2) is 0 Å². The lowest BCUT2D eigenvalue weighted by Gasteiger charge is -2.31. The maximum Gasteiger partial charge on any atom is 0.0669 e. The third kappa shape index (κ3) is 5.87. The number of hydrogen-bond acceptors (Lipinski definition) is 2. The molecular weight excluding hydrogens is 210 g/mol. The third-order valence-electron chi connectivity index (χ3n) is 3.86. The number of hydrogen-bond donors (Lipinski definition) is 1. The summed E-state index contributed by atoms with van der Waals surface area (Å²) in [4.78, 5) is 2.42. The molecule has 1 N–H and O–H groups in total. The Labute approximate surface area is 107 Å². The van der Waals surface area contributed by atoms with E-state index in [4.69, 9.17) is 0 Å². The number of rotatable bonds is 7. The van der Waals surface area contributed by atoms with E-state index in [0.717, 1.165) is 25.4 Å². The predicted octanol–water partition coefficient (Wildman–Crippen LogP) is 3.29. The maximum atomic E-state index is 10.2.